The second-order valence-electron chi connectivity index (χ2n) is 7.09. The summed E-state index contributed by atoms with van der Waals surface area (Å²) in [5.41, 5.74) is 2.78. The molecule has 1 aliphatic carbocycles. The molecule has 0 aliphatic heterocycles. The van der Waals surface area contributed by atoms with E-state index in [0.29, 0.717) is 0 Å². The number of nitrogens with one attached hydrogen (secondary N) is 2. The van der Waals surface area contributed by atoms with Gasteiger partial charge < -0.3 is 5.32 Å². The van der Waals surface area contributed by atoms with Crippen LogP contribution in [0.4, 0.5) is 5.69 Å². The highest BCUT2D eigenvalue weighted by atomic mass is 32.2. The average Bonchev–Trinajstić information content (AvgIpc) is 3.49. The summed E-state index contributed by atoms with van der Waals surface area (Å²) in [7, 11) is -3.45. The van der Waals surface area contributed by atoms with E-state index in [1.807, 2.05) is 24.3 Å². The first-order chi connectivity index (χ1) is 13.5. The van der Waals surface area contributed by atoms with E-state index in [-0.39, 0.29) is 16.8 Å². The molecule has 0 saturated heterocycles. The fourth-order valence-electron chi connectivity index (χ4n) is 2.74. The Morgan fingerprint density at radius 2 is 1.75 bits per heavy atom. The molecule has 0 aromatic heterocycles. The summed E-state index contributed by atoms with van der Waals surface area (Å²) >= 11 is 0. The minimum Gasteiger partial charge on any atom is -0.323 e. The van der Waals surface area contributed by atoms with Crippen molar-refractivity contribution in [3.05, 3.63) is 65.7 Å². The predicted molar refractivity (Wildman–Crippen MR) is 113 cm³/mol. The number of amides is 1. The zero-order valence-corrected chi connectivity index (χ0v) is 16.8. The topological polar surface area (TPSA) is 75.3 Å². The number of hydrogen-bond donors (Lipinski definition) is 2. The number of aryl methyl sites for hydroxylation is 1. The summed E-state index contributed by atoms with van der Waals surface area (Å²) in [6, 6.07) is 14.4. The van der Waals surface area contributed by atoms with Crippen LogP contribution in [0.5, 0.6) is 0 Å². The molecule has 5 nitrogen and oxygen atoms in total. The Bertz CT molecular complexity index is 929. The lowest BCUT2D eigenvalue weighted by Crippen LogP contribution is -2.25. The number of benzene rings is 2. The minimum atomic E-state index is -3.45. The van der Waals surface area contributed by atoms with Gasteiger partial charge in [0.2, 0.25) is 15.9 Å². The van der Waals surface area contributed by atoms with Crippen molar-refractivity contribution < 1.29 is 13.2 Å². The fraction of sp³-hybridized carbons (Fsp3) is 0.318. The van der Waals surface area contributed by atoms with Crippen LogP contribution in [0.2, 0.25) is 0 Å². The van der Waals surface area contributed by atoms with Crippen molar-refractivity contribution in [2.24, 2.45) is 0 Å². The standard InChI is InChI=1S/C22H26N2O3S/c1-2-3-4-17-5-10-19(11-6-17)23-22(25)16-9-18-7-14-21(15-8-18)28(26,27)24-20-12-13-20/h5-11,14-16,20,24H,2-4,12-13H2,1H3,(H,23,25). The fourth-order valence-corrected chi connectivity index (χ4v) is 4.04. The van der Waals surface area contributed by atoms with Crippen molar-refractivity contribution >= 4 is 27.7 Å². The third-order valence-electron chi connectivity index (χ3n) is 4.56. The Balaban J connectivity index is 1.55. The Hall–Kier alpha value is -2.44. The molecule has 28 heavy (non-hydrogen) atoms. The molecule has 0 radical (unpaired) electrons. The Labute approximate surface area is 166 Å². The summed E-state index contributed by atoms with van der Waals surface area (Å²) in [6.45, 7) is 2.17. The molecule has 0 spiro atoms. The number of rotatable bonds is 9. The monoisotopic (exact) mass is 398 g/mol. The average molecular weight is 399 g/mol. The van der Waals surface area contributed by atoms with Gasteiger partial charge in [-0.1, -0.05) is 37.6 Å². The first kappa shape index (κ1) is 20.3. The summed E-state index contributed by atoms with van der Waals surface area (Å²) in [4.78, 5) is 12.3. The van der Waals surface area contributed by atoms with Crippen molar-refractivity contribution in [3.63, 3.8) is 0 Å². The van der Waals surface area contributed by atoms with Gasteiger partial charge in [0.1, 0.15) is 0 Å². The molecule has 2 N–H and O–H groups in total. The second-order valence-corrected chi connectivity index (χ2v) is 8.80. The van der Waals surface area contributed by atoms with E-state index < -0.39 is 10.0 Å². The van der Waals surface area contributed by atoms with Crippen molar-refractivity contribution in [2.75, 3.05) is 5.32 Å². The lowest BCUT2D eigenvalue weighted by molar-refractivity contribution is -0.111. The molecule has 2 aromatic carbocycles. The zero-order valence-electron chi connectivity index (χ0n) is 16.0. The molecular formula is C22H26N2O3S. The van der Waals surface area contributed by atoms with Gasteiger partial charge >= 0.3 is 0 Å². The molecule has 1 aliphatic rings. The van der Waals surface area contributed by atoms with Gasteiger partial charge in [0.25, 0.3) is 0 Å². The van der Waals surface area contributed by atoms with Crippen LogP contribution in [0.3, 0.4) is 0 Å². The van der Waals surface area contributed by atoms with Crippen LogP contribution in [0.1, 0.15) is 43.7 Å². The van der Waals surface area contributed by atoms with Crippen LogP contribution in [0.25, 0.3) is 6.08 Å². The van der Waals surface area contributed by atoms with E-state index in [4.69, 9.17) is 0 Å². The van der Waals surface area contributed by atoms with Gasteiger partial charge in [0, 0.05) is 17.8 Å². The normalized spacial score (nSPS) is 14.3. The van der Waals surface area contributed by atoms with Crippen molar-refractivity contribution in [3.8, 4) is 0 Å². The van der Waals surface area contributed by atoms with Crippen LogP contribution in [-0.2, 0) is 21.2 Å². The summed E-state index contributed by atoms with van der Waals surface area (Å²) in [5, 5.41) is 2.83. The molecule has 1 saturated carbocycles. The highest BCUT2D eigenvalue weighted by Crippen LogP contribution is 2.22. The molecule has 1 amide bonds. The molecule has 0 unspecified atom stereocenters. The van der Waals surface area contributed by atoms with E-state index >= 15 is 0 Å². The second kappa shape index (κ2) is 9.17. The number of carbonyl (C=O) groups is 1. The van der Waals surface area contributed by atoms with E-state index in [0.717, 1.165) is 43.4 Å². The van der Waals surface area contributed by atoms with Crippen molar-refractivity contribution in [1.29, 1.82) is 0 Å². The third-order valence-corrected chi connectivity index (χ3v) is 6.09. The van der Waals surface area contributed by atoms with Gasteiger partial charge in [-0.15, -0.1) is 0 Å². The highest BCUT2D eigenvalue weighted by molar-refractivity contribution is 7.89. The molecule has 0 bridgehead atoms. The van der Waals surface area contributed by atoms with E-state index in [1.54, 1.807) is 30.3 Å². The lowest BCUT2D eigenvalue weighted by Gasteiger charge is -2.06. The van der Waals surface area contributed by atoms with Gasteiger partial charge in [-0.25, -0.2) is 13.1 Å². The van der Waals surface area contributed by atoms with Crippen LogP contribution in [-0.4, -0.2) is 20.4 Å². The van der Waals surface area contributed by atoms with E-state index in [1.165, 1.54) is 11.6 Å². The largest absolute Gasteiger partial charge is 0.323 e. The number of anilines is 1. The van der Waals surface area contributed by atoms with Gasteiger partial charge in [-0.05, 0) is 67.2 Å². The lowest BCUT2D eigenvalue weighted by atomic mass is 10.1. The first-order valence-corrected chi connectivity index (χ1v) is 11.1. The maximum atomic E-state index is 12.2. The maximum absolute atomic E-state index is 12.2. The molecule has 2 aromatic rings. The van der Waals surface area contributed by atoms with Gasteiger partial charge in [-0.2, -0.15) is 0 Å². The zero-order chi connectivity index (χ0) is 20.0. The molecule has 1 fully saturated rings. The Kier molecular flexibility index (Phi) is 6.65. The molecular weight excluding hydrogens is 372 g/mol. The van der Waals surface area contributed by atoms with Crippen molar-refractivity contribution in [2.45, 2.75) is 50.0 Å². The highest BCUT2D eigenvalue weighted by Gasteiger charge is 2.27. The molecule has 3 rings (SSSR count). The molecule has 0 heterocycles. The predicted octanol–water partition coefficient (Wildman–Crippen LogP) is 4.12. The smallest absolute Gasteiger partial charge is 0.248 e. The first-order valence-electron chi connectivity index (χ1n) is 9.66. The van der Waals surface area contributed by atoms with Crippen LogP contribution < -0.4 is 10.0 Å². The SMILES string of the molecule is CCCCc1ccc(NC(=O)C=Cc2ccc(S(=O)(=O)NC3CC3)cc2)cc1. The van der Waals surface area contributed by atoms with Crippen LogP contribution in [0.15, 0.2) is 59.5 Å². The van der Waals surface area contributed by atoms with Gasteiger partial charge in [0.05, 0.1) is 4.90 Å². The molecule has 0 atom stereocenters. The minimum absolute atomic E-state index is 0.0778. The van der Waals surface area contributed by atoms with Crippen molar-refractivity contribution in [1.82, 2.24) is 4.72 Å². The number of unbranched alkanes of at least 4 members (excludes halogenated alkanes) is 1. The molecule has 6 heteroatoms. The Morgan fingerprint density at radius 1 is 1.07 bits per heavy atom. The summed E-state index contributed by atoms with van der Waals surface area (Å²) < 4.78 is 27.0. The summed E-state index contributed by atoms with van der Waals surface area (Å²) in [6.07, 6.45) is 8.27. The number of carbonyl (C=O) groups excluding carboxylic acids is 1. The van der Waals surface area contributed by atoms with E-state index in [2.05, 4.69) is 17.0 Å². The maximum Gasteiger partial charge on any atom is 0.248 e. The van der Waals surface area contributed by atoms with Gasteiger partial charge in [0.15, 0.2) is 0 Å². The number of hydrogen-bond acceptors (Lipinski definition) is 3. The van der Waals surface area contributed by atoms with Crippen LogP contribution >= 0.6 is 0 Å². The quantitative estimate of drug-likeness (QED) is 0.624. The van der Waals surface area contributed by atoms with Crippen LogP contribution in [0, 0.1) is 0 Å². The van der Waals surface area contributed by atoms with E-state index in [9.17, 15) is 13.2 Å². The third kappa shape index (κ3) is 6.04. The number of sulfonamides is 1. The Morgan fingerprint density at radius 3 is 2.36 bits per heavy atom. The molecule has 148 valence electrons. The summed E-state index contributed by atoms with van der Waals surface area (Å²) in [5.74, 6) is -0.228. The van der Waals surface area contributed by atoms with Gasteiger partial charge in [-0.3, -0.25) is 4.79 Å².